The Kier molecular flexibility index (Phi) is 8.44. The van der Waals surface area contributed by atoms with E-state index >= 15 is 0 Å². The van der Waals surface area contributed by atoms with Crippen molar-refractivity contribution in [1.82, 2.24) is 10.2 Å². The lowest BCUT2D eigenvalue weighted by Gasteiger charge is -2.31. The standard InChI is InChI=1S/C20H20Cl4N2O2/c1-3-18(20(28)25-2)26(11-13-16(23)8-5-9-17(13)24)19(27)10-12-14(21)6-4-7-15(12)22/h4-9,18H,3,10-11H2,1-2H3,(H,25,28)/t18-/m1/s1. The van der Waals surface area contributed by atoms with Crippen molar-refractivity contribution in [3.05, 3.63) is 67.6 Å². The number of hydrogen-bond donors (Lipinski definition) is 1. The van der Waals surface area contributed by atoms with Gasteiger partial charge in [0.25, 0.3) is 0 Å². The summed E-state index contributed by atoms with van der Waals surface area (Å²) in [4.78, 5) is 27.1. The van der Waals surface area contributed by atoms with Crippen LogP contribution in [0.4, 0.5) is 0 Å². The fourth-order valence-electron chi connectivity index (χ4n) is 2.89. The van der Waals surface area contributed by atoms with Crippen LogP contribution in [0.3, 0.4) is 0 Å². The zero-order valence-corrected chi connectivity index (χ0v) is 18.5. The molecule has 4 nitrogen and oxygen atoms in total. The van der Waals surface area contributed by atoms with Crippen LogP contribution in [0, 0.1) is 0 Å². The van der Waals surface area contributed by atoms with Crippen molar-refractivity contribution in [3.8, 4) is 0 Å². The number of carbonyl (C=O) groups excluding carboxylic acids is 2. The molecule has 2 aromatic rings. The van der Waals surface area contributed by atoms with E-state index in [2.05, 4.69) is 5.32 Å². The third kappa shape index (κ3) is 5.32. The summed E-state index contributed by atoms with van der Waals surface area (Å²) in [6, 6.07) is 9.46. The normalized spacial score (nSPS) is 11.8. The Morgan fingerprint density at radius 3 is 1.82 bits per heavy atom. The minimum atomic E-state index is -0.689. The zero-order chi connectivity index (χ0) is 20.8. The van der Waals surface area contributed by atoms with Crippen LogP contribution in [0.5, 0.6) is 0 Å². The van der Waals surface area contributed by atoms with E-state index in [1.807, 2.05) is 6.92 Å². The van der Waals surface area contributed by atoms with Crippen molar-refractivity contribution in [2.75, 3.05) is 7.05 Å². The number of nitrogens with one attached hydrogen (secondary N) is 1. The molecule has 0 unspecified atom stereocenters. The van der Waals surface area contributed by atoms with Gasteiger partial charge in [-0.3, -0.25) is 9.59 Å². The summed E-state index contributed by atoms with van der Waals surface area (Å²) in [5.41, 5.74) is 1.09. The van der Waals surface area contributed by atoms with Gasteiger partial charge in [-0.05, 0) is 36.2 Å². The van der Waals surface area contributed by atoms with Gasteiger partial charge in [0.05, 0.1) is 6.42 Å². The van der Waals surface area contributed by atoms with Gasteiger partial charge in [0.1, 0.15) is 6.04 Å². The zero-order valence-electron chi connectivity index (χ0n) is 15.4. The summed E-state index contributed by atoms with van der Waals surface area (Å²) in [5, 5.41) is 4.24. The highest BCUT2D eigenvalue weighted by Gasteiger charge is 2.29. The highest BCUT2D eigenvalue weighted by Crippen LogP contribution is 2.29. The van der Waals surface area contributed by atoms with E-state index in [-0.39, 0.29) is 24.8 Å². The van der Waals surface area contributed by atoms with Gasteiger partial charge in [-0.25, -0.2) is 0 Å². The highest BCUT2D eigenvalue weighted by atomic mass is 35.5. The van der Waals surface area contributed by atoms with Crippen LogP contribution in [0.2, 0.25) is 20.1 Å². The minimum absolute atomic E-state index is 0.0475. The molecule has 0 aliphatic carbocycles. The number of halogens is 4. The second-order valence-electron chi connectivity index (χ2n) is 6.14. The fraction of sp³-hybridized carbons (Fsp3) is 0.300. The van der Waals surface area contributed by atoms with Crippen molar-refractivity contribution < 1.29 is 9.59 Å². The first-order valence-electron chi connectivity index (χ1n) is 8.66. The molecule has 0 aromatic heterocycles. The Balaban J connectivity index is 2.42. The molecule has 0 bridgehead atoms. The SMILES string of the molecule is CC[C@H](C(=O)NC)N(Cc1c(Cl)cccc1Cl)C(=O)Cc1c(Cl)cccc1Cl. The molecule has 0 heterocycles. The molecule has 0 radical (unpaired) electrons. The van der Waals surface area contributed by atoms with Gasteiger partial charge in [0.2, 0.25) is 11.8 Å². The van der Waals surface area contributed by atoms with E-state index in [0.717, 1.165) is 0 Å². The van der Waals surface area contributed by atoms with Crippen LogP contribution in [-0.4, -0.2) is 29.8 Å². The lowest BCUT2D eigenvalue weighted by molar-refractivity contribution is -0.140. The summed E-state index contributed by atoms with van der Waals surface area (Å²) in [7, 11) is 1.53. The van der Waals surface area contributed by atoms with Crippen LogP contribution in [0.25, 0.3) is 0 Å². The van der Waals surface area contributed by atoms with E-state index in [0.29, 0.717) is 37.6 Å². The van der Waals surface area contributed by atoms with Gasteiger partial charge in [-0.2, -0.15) is 0 Å². The lowest BCUT2D eigenvalue weighted by atomic mass is 10.1. The van der Waals surface area contributed by atoms with Gasteiger partial charge >= 0.3 is 0 Å². The molecule has 150 valence electrons. The first-order chi connectivity index (χ1) is 13.3. The second kappa shape index (κ2) is 10.4. The quantitative estimate of drug-likeness (QED) is 0.600. The molecule has 0 spiro atoms. The third-order valence-electron chi connectivity index (χ3n) is 4.41. The maximum Gasteiger partial charge on any atom is 0.242 e. The Morgan fingerprint density at radius 1 is 0.929 bits per heavy atom. The number of amides is 2. The van der Waals surface area contributed by atoms with E-state index in [1.54, 1.807) is 36.4 Å². The van der Waals surface area contributed by atoms with Crippen molar-refractivity contribution in [3.63, 3.8) is 0 Å². The number of carbonyl (C=O) groups is 2. The highest BCUT2D eigenvalue weighted by molar-refractivity contribution is 6.36. The van der Waals surface area contributed by atoms with Crippen molar-refractivity contribution >= 4 is 58.2 Å². The van der Waals surface area contributed by atoms with Crippen LogP contribution < -0.4 is 5.32 Å². The van der Waals surface area contributed by atoms with Gasteiger partial charge in [-0.1, -0.05) is 65.5 Å². The monoisotopic (exact) mass is 460 g/mol. The number of benzene rings is 2. The van der Waals surface area contributed by atoms with Gasteiger partial charge in [0.15, 0.2) is 0 Å². The molecule has 0 saturated carbocycles. The Bertz CT molecular complexity index is 833. The Labute approximate surface area is 184 Å². The maximum atomic E-state index is 13.2. The number of hydrogen-bond acceptors (Lipinski definition) is 2. The molecule has 2 amide bonds. The summed E-state index contributed by atoms with van der Waals surface area (Å²) in [6.45, 7) is 1.92. The van der Waals surface area contributed by atoms with Gasteiger partial charge in [0, 0.05) is 39.2 Å². The van der Waals surface area contributed by atoms with Crippen LogP contribution in [0.1, 0.15) is 24.5 Å². The molecule has 0 saturated heterocycles. The summed E-state index contributed by atoms with van der Waals surface area (Å²) < 4.78 is 0. The van der Waals surface area contributed by atoms with Crippen LogP contribution >= 0.6 is 46.4 Å². The first kappa shape index (κ1) is 22.8. The lowest BCUT2D eigenvalue weighted by Crippen LogP contribution is -2.48. The second-order valence-corrected chi connectivity index (χ2v) is 7.77. The molecule has 0 aliphatic heterocycles. The maximum absolute atomic E-state index is 13.2. The predicted molar refractivity (Wildman–Crippen MR) is 115 cm³/mol. The number of rotatable bonds is 7. The van der Waals surface area contributed by atoms with Crippen LogP contribution in [0.15, 0.2) is 36.4 Å². The average molecular weight is 462 g/mol. The van der Waals surface area contributed by atoms with E-state index in [4.69, 9.17) is 46.4 Å². The average Bonchev–Trinajstić information content (AvgIpc) is 2.66. The summed E-state index contributed by atoms with van der Waals surface area (Å²) in [6.07, 6.45) is 0.373. The van der Waals surface area contributed by atoms with Gasteiger partial charge in [-0.15, -0.1) is 0 Å². The van der Waals surface area contributed by atoms with E-state index in [1.165, 1.54) is 11.9 Å². The smallest absolute Gasteiger partial charge is 0.242 e. The molecular weight excluding hydrogens is 442 g/mol. The summed E-state index contributed by atoms with van der Waals surface area (Å²) >= 11 is 25.0. The largest absolute Gasteiger partial charge is 0.357 e. The van der Waals surface area contributed by atoms with E-state index in [9.17, 15) is 9.59 Å². The molecule has 0 aliphatic rings. The molecule has 28 heavy (non-hydrogen) atoms. The van der Waals surface area contributed by atoms with Crippen molar-refractivity contribution in [2.45, 2.75) is 32.4 Å². The summed E-state index contributed by atoms with van der Waals surface area (Å²) in [5.74, 6) is -0.578. The van der Waals surface area contributed by atoms with Gasteiger partial charge < -0.3 is 10.2 Å². The Hall–Kier alpha value is -1.46. The molecule has 2 aromatic carbocycles. The first-order valence-corrected chi connectivity index (χ1v) is 10.2. The number of nitrogens with zero attached hydrogens (tertiary/aromatic N) is 1. The fourth-order valence-corrected chi connectivity index (χ4v) is 3.94. The molecule has 1 atom stereocenters. The molecule has 8 heteroatoms. The van der Waals surface area contributed by atoms with Crippen molar-refractivity contribution in [1.29, 1.82) is 0 Å². The number of likely N-dealkylation sites (N-methyl/N-ethyl adjacent to an activating group) is 1. The minimum Gasteiger partial charge on any atom is -0.357 e. The molecule has 2 rings (SSSR count). The van der Waals surface area contributed by atoms with Crippen molar-refractivity contribution in [2.24, 2.45) is 0 Å². The topological polar surface area (TPSA) is 49.4 Å². The Morgan fingerprint density at radius 2 is 1.39 bits per heavy atom. The van der Waals surface area contributed by atoms with Crippen LogP contribution in [-0.2, 0) is 22.6 Å². The molecular formula is C20H20Cl4N2O2. The molecule has 1 N–H and O–H groups in total. The third-order valence-corrected chi connectivity index (χ3v) is 5.83. The predicted octanol–water partition coefficient (Wildman–Crippen LogP) is 5.40. The molecule has 0 fully saturated rings. The van der Waals surface area contributed by atoms with E-state index < -0.39 is 6.04 Å².